The van der Waals surface area contributed by atoms with Crippen LogP contribution in [0, 0.1) is 11.3 Å². The summed E-state index contributed by atoms with van der Waals surface area (Å²) in [4.78, 5) is 8.23. The molecule has 27 heavy (non-hydrogen) atoms. The molecule has 0 bridgehead atoms. The van der Waals surface area contributed by atoms with Gasteiger partial charge in [-0.15, -0.1) is 13.2 Å². The minimum atomic E-state index is -4.73. The van der Waals surface area contributed by atoms with Crippen molar-refractivity contribution in [1.82, 2.24) is 15.3 Å². The van der Waals surface area contributed by atoms with Crippen LogP contribution in [0.15, 0.2) is 42.9 Å². The van der Waals surface area contributed by atoms with Gasteiger partial charge >= 0.3 is 6.36 Å². The van der Waals surface area contributed by atoms with E-state index in [-0.39, 0.29) is 5.75 Å². The maximum absolute atomic E-state index is 12.2. The minimum absolute atomic E-state index is 0.304. The van der Waals surface area contributed by atoms with Crippen LogP contribution >= 0.6 is 0 Å². The first kappa shape index (κ1) is 20.2. The zero-order chi connectivity index (χ0) is 19.9. The molecule has 0 spiro atoms. The predicted octanol–water partition coefficient (Wildman–Crippen LogP) is 4.35. The maximum atomic E-state index is 12.2. The third kappa shape index (κ3) is 6.96. The van der Waals surface area contributed by atoms with Crippen LogP contribution in [0.1, 0.15) is 19.5 Å². The molecular formula is C18H20F3N5O. The van der Waals surface area contributed by atoms with E-state index in [2.05, 4.69) is 39.2 Å². The van der Waals surface area contributed by atoms with Crippen LogP contribution in [-0.4, -0.2) is 29.1 Å². The smallest absolute Gasteiger partial charge is 0.406 e. The molecule has 0 saturated heterocycles. The highest BCUT2D eigenvalue weighted by molar-refractivity contribution is 6.07. The zero-order valence-electron chi connectivity index (χ0n) is 14.8. The SMILES string of the molecule is CC(C)CN/C=C(\C=N)c1cc(Nc2ccc(OC(F)(F)F)cc2)ncn1. The topological polar surface area (TPSA) is 82.9 Å². The summed E-state index contributed by atoms with van der Waals surface area (Å²) in [6, 6.07) is 6.95. The molecule has 9 heteroatoms. The van der Waals surface area contributed by atoms with E-state index in [4.69, 9.17) is 5.41 Å². The van der Waals surface area contributed by atoms with Gasteiger partial charge in [0.25, 0.3) is 0 Å². The third-order valence-corrected chi connectivity index (χ3v) is 3.26. The summed E-state index contributed by atoms with van der Waals surface area (Å²) >= 11 is 0. The van der Waals surface area contributed by atoms with Gasteiger partial charge in [0.2, 0.25) is 0 Å². The first-order valence-corrected chi connectivity index (χ1v) is 8.16. The van der Waals surface area contributed by atoms with Crippen LogP contribution in [-0.2, 0) is 0 Å². The number of hydrogen-bond acceptors (Lipinski definition) is 6. The van der Waals surface area contributed by atoms with Crippen LogP contribution < -0.4 is 15.4 Å². The molecule has 1 heterocycles. The van der Waals surface area contributed by atoms with Crippen molar-refractivity contribution in [3.05, 3.63) is 48.6 Å². The molecule has 1 aromatic carbocycles. The highest BCUT2D eigenvalue weighted by Gasteiger charge is 2.30. The Morgan fingerprint density at radius 1 is 1.22 bits per heavy atom. The fourth-order valence-corrected chi connectivity index (χ4v) is 2.07. The molecule has 144 valence electrons. The lowest BCUT2D eigenvalue weighted by molar-refractivity contribution is -0.274. The number of halogens is 3. The van der Waals surface area contributed by atoms with E-state index in [1.807, 2.05) is 0 Å². The number of allylic oxidation sites excluding steroid dienone is 1. The molecule has 6 nitrogen and oxygen atoms in total. The number of rotatable bonds is 8. The summed E-state index contributed by atoms with van der Waals surface area (Å²) in [5, 5.41) is 13.7. The second-order valence-electron chi connectivity index (χ2n) is 6.03. The van der Waals surface area contributed by atoms with Gasteiger partial charge in [-0.25, -0.2) is 9.97 Å². The molecule has 0 aliphatic rings. The van der Waals surface area contributed by atoms with Gasteiger partial charge in [-0.1, -0.05) is 13.8 Å². The highest BCUT2D eigenvalue weighted by Crippen LogP contribution is 2.25. The lowest BCUT2D eigenvalue weighted by atomic mass is 10.2. The van der Waals surface area contributed by atoms with Gasteiger partial charge in [0.1, 0.15) is 17.9 Å². The van der Waals surface area contributed by atoms with Crippen molar-refractivity contribution in [2.45, 2.75) is 20.2 Å². The van der Waals surface area contributed by atoms with E-state index < -0.39 is 6.36 Å². The Labute approximate surface area is 155 Å². The monoisotopic (exact) mass is 379 g/mol. The molecule has 0 aliphatic heterocycles. The number of benzene rings is 1. The standard InChI is InChI=1S/C18H20F3N5O/c1-12(2)9-23-10-13(8-22)16-7-17(25-11-24-16)26-14-3-5-15(6-4-14)27-18(19,20)21/h3-8,10-12,22-23H,9H2,1-2H3,(H,24,25,26)/b13-10+,22-8?. The largest absolute Gasteiger partial charge is 0.573 e. The Morgan fingerprint density at radius 2 is 1.93 bits per heavy atom. The molecule has 1 aromatic heterocycles. The van der Waals surface area contributed by atoms with Gasteiger partial charge in [0, 0.05) is 36.3 Å². The molecule has 3 N–H and O–H groups in total. The summed E-state index contributed by atoms with van der Waals surface area (Å²) in [6.45, 7) is 4.91. The van der Waals surface area contributed by atoms with Gasteiger partial charge in [-0.3, -0.25) is 0 Å². The quantitative estimate of drug-likeness (QED) is 0.594. The zero-order valence-corrected chi connectivity index (χ0v) is 14.8. The van der Waals surface area contributed by atoms with Crippen molar-refractivity contribution < 1.29 is 17.9 Å². The number of ether oxygens (including phenoxy) is 1. The number of hydrogen-bond donors (Lipinski definition) is 3. The summed E-state index contributed by atoms with van der Waals surface area (Å²) in [6.07, 6.45) is -0.487. The van der Waals surface area contributed by atoms with Gasteiger partial charge in [0.15, 0.2) is 0 Å². The van der Waals surface area contributed by atoms with Crippen molar-refractivity contribution in [1.29, 1.82) is 5.41 Å². The number of nitrogens with zero attached hydrogens (tertiary/aromatic N) is 2. The van der Waals surface area contributed by atoms with E-state index in [9.17, 15) is 13.2 Å². The van der Waals surface area contributed by atoms with Crippen LogP contribution in [0.5, 0.6) is 5.75 Å². The van der Waals surface area contributed by atoms with E-state index >= 15 is 0 Å². The van der Waals surface area contributed by atoms with Crippen molar-refractivity contribution in [2.24, 2.45) is 5.92 Å². The predicted molar refractivity (Wildman–Crippen MR) is 98.0 cm³/mol. The van der Waals surface area contributed by atoms with Crippen LogP contribution in [0.3, 0.4) is 0 Å². The van der Waals surface area contributed by atoms with Crippen LogP contribution in [0.4, 0.5) is 24.7 Å². The van der Waals surface area contributed by atoms with Crippen LogP contribution in [0.2, 0.25) is 0 Å². The molecule has 2 rings (SSSR count). The van der Waals surface area contributed by atoms with Crippen molar-refractivity contribution in [3.63, 3.8) is 0 Å². The minimum Gasteiger partial charge on any atom is -0.406 e. The number of aromatic nitrogens is 2. The Kier molecular flexibility index (Phi) is 6.75. The molecular weight excluding hydrogens is 359 g/mol. The Morgan fingerprint density at radius 3 is 2.52 bits per heavy atom. The van der Waals surface area contributed by atoms with Crippen molar-refractivity contribution in [2.75, 3.05) is 11.9 Å². The second kappa shape index (κ2) is 9.02. The summed E-state index contributed by atoms with van der Waals surface area (Å²) < 4.78 is 40.4. The number of anilines is 2. The molecule has 0 atom stereocenters. The lowest BCUT2D eigenvalue weighted by Gasteiger charge is -2.11. The first-order valence-electron chi connectivity index (χ1n) is 8.16. The molecule has 0 amide bonds. The van der Waals surface area contributed by atoms with Crippen molar-refractivity contribution in [3.8, 4) is 5.75 Å². The first-order chi connectivity index (χ1) is 12.8. The second-order valence-corrected chi connectivity index (χ2v) is 6.03. The lowest BCUT2D eigenvalue weighted by Crippen LogP contribution is -2.16. The van der Waals surface area contributed by atoms with Gasteiger partial charge in [0.05, 0.1) is 5.69 Å². The normalized spacial score (nSPS) is 12.0. The molecule has 0 unspecified atom stereocenters. The summed E-state index contributed by atoms with van der Waals surface area (Å²) in [7, 11) is 0. The van der Waals surface area contributed by atoms with E-state index in [0.717, 1.165) is 6.54 Å². The van der Waals surface area contributed by atoms with E-state index in [1.54, 1.807) is 12.3 Å². The highest BCUT2D eigenvalue weighted by atomic mass is 19.4. The van der Waals surface area contributed by atoms with E-state index in [1.165, 1.54) is 36.8 Å². The van der Waals surface area contributed by atoms with Gasteiger partial charge in [-0.2, -0.15) is 0 Å². The maximum Gasteiger partial charge on any atom is 0.573 e. The molecule has 2 aromatic rings. The Balaban J connectivity index is 2.09. The number of nitrogens with one attached hydrogen (secondary N) is 3. The molecule has 0 saturated carbocycles. The average molecular weight is 379 g/mol. The molecule has 0 aliphatic carbocycles. The summed E-state index contributed by atoms with van der Waals surface area (Å²) in [5.41, 5.74) is 1.65. The Hall–Kier alpha value is -3.10. The fourth-order valence-electron chi connectivity index (χ4n) is 2.07. The molecule has 0 radical (unpaired) electrons. The third-order valence-electron chi connectivity index (χ3n) is 3.26. The van der Waals surface area contributed by atoms with E-state index in [0.29, 0.717) is 28.7 Å². The summed E-state index contributed by atoms with van der Waals surface area (Å²) in [5.74, 6) is 0.600. The Bertz CT molecular complexity index is 788. The van der Waals surface area contributed by atoms with Crippen LogP contribution in [0.25, 0.3) is 5.57 Å². The average Bonchev–Trinajstić information content (AvgIpc) is 2.59. The van der Waals surface area contributed by atoms with Gasteiger partial charge in [-0.05, 0) is 30.2 Å². The van der Waals surface area contributed by atoms with Crippen molar-refractivity contribution >= 4 is 23.3 Å². The molecule has 0 fully saturated rings. The fraction of sp³-hybridized carbons (Fsp3) is 0.278. The van der Waals surface area contributed by atoms with Gasteiger partial charge < -0.3 is 20.8 Å². The number of alkyl halides is 3.